The number of halogens is 3. The minimum absolute atomic E-state index is 0.102. The average Bonchev–Trinajstić information content (AvgIpc) is 2.80. The van der Waals surface area contributed by atoms with Crippen molar-refractivity contribution in [2.24, 2.45) is 0 Å². The highest BCUT2D eigenvalue weighted by Crippen LogP contribution is 2.31. The van der Waals surface area contributed by atoms with E-state index in [1.165, 1.54) is 17.7 Å². The molecule has 3 aromatic carbocycles. The van der Waals surface area contributed by atoms with Gasteiger partial charge >= 0.3 is 6.36 Å². The van der Waals surface area contributed by atoms with Crippen molar-refractivity contribution in [3.63, 3.8) is 0 Å². The van der Waals surface area contributed by atoms with Crippen molar-refractivity contribution in [2.45, 2.75) is 65.3 Å². The molecule has 0 amide bonds. The maximum absolute atomic E-state index is 12.5. The number of hydrogen-bond donors (Lipinski definition) is 1. The van der Waals surface area contributed by atoms with Gasteiger partial charge in [-0.25, -0.2) is 0 Å². The van der Waals surface area contributed by atoms with Gasteiger partial charge in [0.2, 0.25) is 0 Å². The zero-order valence-corrected chi connectivity index (χ0v) is 20.8. The van der Waals surface area contributed by atoms with Crippen LogP contribution < -0.4 is 14.8 Å². The molecule has 3 aromatic rings. The summed E-state index contributed by atoms with van der Waals surface area (Å²) in [7, 11) is 0. The Balaban J connectivity index is 1.76. The van der Waals surface area contributed by atoms with Gasteiger partial charge in [0.05, 0.1) is 6.61 Å². The molecular formula is C29H34F3NO2. The van der Waals surface area contributed by atoms with Crippen molar-refractivity contribution in [1.82, 2.24) is 0 Å². The topological polar surface area (TPSA) is 30.5 Å². The van der Waals surface area contributed by atoms with E-state index < -0.39 is 6.36 Å². The fourth-order valence-electron chi connectivity index (χ4n) is 3.68. The summed E-state index contributed by atoms with van der Waals surface area (Å²) in [6.07, 6.45) is -1.54. The largest absolute Gasteiger partial charge is 0.573 e. The van der Waals surface area contributed by atoms with E-state index in [9.17, 15) is 13.2 Å². The predicted molar refractivity (Wildman–Crippen MR) is 136 cm³/mol. The number of ether oxygens (including phenoxy) is 2. The van der Waals surface area contributed by atoms with Gasteiger partial charge in [-0.15, -0.1) is 13.2 Å². The minimum atomic E-state index is -4.71. The monoisotopic (exact) mass is 485 g/mol. The predicted octanol–water partition coefficient (Wildman–Crippen LogP) is 8.73. The van der Waals surface area contributed by atoms with Crippen LogP contribution in [0.1, 0.15) is 58.1 Å². The van der Waals surface area contributed by atoms with E-state index in [-0.39, 0.29) is 11.2 Å². The molecule has 0 atom stereocenters. The van der Waals surface area contributed by atoms with Crippen LogP contribution in [0.15, 0.2) is 66.7 Å². The second kappa shape index (κ2) is 11.5. The number of hydrogen-bond acceptors (Lipinski definition) is 3. The van der Waals surface area contributed by atoms with Crippen LogP contribution in [0.5, 0.6) is 11.5 Å². The molecule has 3 nitrogen and oxygen atoms in total. The van der Waals surface area contributed by atoms with E-state index in [1.54, 1.807) is 12.1 Å². The molecule has 188 valence electrons. The molecule has 6 heteroatoms. The number of unbranched alkanes of at least 4 members (excludes halogenated alkanes) is 2. The fourth-order valence-corrected chi connectivity index (χ4v) is 3.68. The molecule has 0 aliphatic heterocycles. The third-order valence-electron chi connectivity index (χ3n) is 5.73. The van der Waals surface area contributed by atoms with Gasteiger partial charge in [-0.05, 0) is 58.9 Å². The highest BCUT2D eigenvalue weighted by molar-refractivity contribution is 5.67. The minimum Gasteiger partial charge on any atom is -0.493 e. The fraction of sp³-hybridized carbons (Fsp3) is 0.379. The zero-order valence-electron chi connectivity index (χ0n) is 20.8. The van der Waals surface area contributed by atoms with Gasteiger partial charge in [0.1, 0.15) is 11.5 Å². The Bertz CT molecular complexity index is 1070. The Morgan fingerprint density at radius 2 is 1.46 bits per heavy atom. The van der Waals surface area contributed by atoms with E-state index >= 15 is 0 Å². The molecule has 0 spiro atoms. The van der Waals surface area contributed by atoms with Crippen LogP contribution in [0, 0.1) is 0 Å². The Hall–Kier alpha value is -3.15. The number of benzene rings is 3. The number of alkyl halides is 3. The van der Waals surface area contributed by atoms with Crippen molar-refractivity contribution < 1.29 is 22.6 Å². The lowest BCUT2D eigenvalue weighted by Crippen LogP contribution is -2.16. The van der Waals surface area contributed by atoms with E-state index in [0.717, 1.165) is 47.4 Å². The van der Waals surface area contributed by atoms with Crippen molar-refractivity contribution in [3.05, 3.63) is 77.9 Å². The van der Waals surface area contributed by atoms with Crippen LogP contribution in [0.2, 0.25) is 0 Å². The van der Waals surface area contributed by atoms with Crippen molar-refractivity contribution in [1.29, 1.82) is 0 Å². The SMILES string of the molecule is CCCCCOc1cc(-c2ccc(OC(F)(F)F)cc2)ccc1CNc1ccc(C(C)(C)C)cc1. The van der Waals surface area contributed by atoms with Gasteiger partial charge in [0, 0.05) is 17.8 Å². The summed E-state index contributed by atoms with van der Waals surface area (Å²) in [5, 5.41) is 3.47. The molecule has 1 N–H and O–H groups in total. The molecule has 0 radical (unpaired) electrons. The summed E-state index contributed by atoms with van der Waals surface area (Å²) in [6, 6.07) is 20.2. The summed E-state index contributed by atoms with van der Waals surface area (Å²) in [4.78, 5) is 0. The van der Waals surface area contributed by atoms with Crippen LogP contribution >= 0.6 is 0 Å². The average molecular weight is 486 g/mol. The summed E-state index contributed by atoms with van der Waals surface area (Å²) < 4.78 is 47.5. The van der Waals surface area contributed by atoms with Gasteiger partial charge in [0.15, 0.2) is 0 Å². The lowest BCUT2D eigenvalue weighted by atomic mass is 9.87. The smallest absolute Gasteiger partial charge is 0.493 e. The Kier molecular flexibility index (Phi) is 8.71. The molecule has 0 bridgehead atoms. The first kappa shape index (κ1) is 26.5. The number of rotatable bonds is 10. The quantitative estimate of drug-likeness (QED) is 0.291. The summed E-state index contributed by atoms with van der Waals surface area (Å²) in [5.74, 6) is 0.531. The first-order chi connectivity index (χ1) is 16.5. The molecule has 0 aliphatic rings. The van der Waals surface area contributed by atoms with Gasteiger partial charge in [0.25, 0.3) is 0 Å². The van der Waals surface area contributed by atoms with Crippen LogP contribution in [-0.4, -0.2) is 13.0 Å². The third-order valence-corrected chi connectivity index (χ3v) is 5.73. The molecule has 3 rings (SSSR count). The number of nitrogens with one attached hydrogen (secondary N) is 1. The summed E-state index contributed by atoms with van der Waals surface area (Å²) in [5.41, 5.74) is 5.08. The molecule has 0 aromatic heterocycles. The first-order valence-electron chi connectivity index (χ1n) is 12.0. The zero-order chi connectivity index (χ0) is 25.5. The lowest BCUT2D eigenvalue weighted by Gasteiger charge is -2.19. The molecule has 0 aliphatic carbocycles. The number of anilines is 1. The van der Waals surface area contributed by atoms with Crippen molar-refractivity contribution >= 4 is 5.69 Å². The third kappa shape index (κ3) is 8.23. The van der Waals surface area contributed by atoms with Gasteiger partial charge < -0.3 is 14.8 Å². The second-order valence-electron chi connectivity index (χ2n) is 9.63. The van der Waals surface area contributed by atoms with Gasteiger partial charge in [-0.3, -0.25) is 0 Å². The van der Waals surface area contributed by atoms with Crippen LogP contribution in [0.3, 0.4) is 0 Å². The van der Waals surface area contributed by atoms with E-state index in [0.29, 0.717) is 13.2 Å². The Labute approximate surface area is 206 Å². The molecule has 0 saturated heterocycles. The normalized spacial score (nSPS) is 11.9. The Morgan fingerprint density at radius 3 is 2.06 bits per heavy atom. The van der Waals surface area contributed by atoms with E-state index in [4.69, 9.17) is 4.74 Å². The van der Waals surface area contributed by atoms with Gasteiger partial charge in [-0.2, -0.15) is 0 Å². The summed E-state index contributed by atoms with van der Waals surface area (Å²) in [6.45, 7) is 9.93. The summed E-state index contributed by atoms with van der Waals surface area (Å²) >= 11 is 0. The van der Waals surface area contributed by atoms with E-state index in [1.807, 2.05) is 18.2 Å². The highest BCUT2D eigenvalue weighted by atomic mass is 19.4. The van der Waals surface area contributed by atoms with Gasteiger partial charge in [-0.1, -0.05) is 76.9 Å². The maximum Gasteiger partial charge on any atom is 0.573 e. The van der Waals surface area contributed by atoms with Crippen molar-refractivity contribution in [2.75, 3.05) is 11.9 Å². The van der Waals surface area contributed by atoms with Crippen LogP contribution in [-0.2, 0) is 12.0 Å². The maximum atomic E-state index is 12.5. The standard InChI is InChI=1S/C29H34F3NO2/c1-5-6-7-18-34-27-19-22(21-10-16-26(17-11-21)35-29(30,31)32)8-9-23(27)20-33-25-14-12-24(13-15-25)28(2,3)4/h8-17,19,33H,5-7,18,20H2,1-4H3. The lowest BCUT2D eigenvalue weighted by molar-refractivity contribution is -0.274. The molecule has 0 saturated carbocycles. The first-order valence-corrected chi connectivity index (χ1v) is 12.0. The second-order valence-corrected chi connectivity index (χ2v) is 9.63. The molecule has 0 fully saturated rings. The van der Waals surface area contributed by atoms with Crippen LogP contribution in [0.4, 0.5) is 18.9 Å². The van der Waals surface area contributed by atoms with Crippen molar-refractivity contribution in [3.8, 4) is 22.6 Å². The van der Waals surface area contributed by atoms with Crippen LogP contribution in [0.25, 0.3) is 11.1 Å². The Morgan fingerprint density at radius 1 is 0.800 bits per heavy atom. The molecule has 0 unspecified atom stereocenters. The molecular weight excluding hydrogens is 451 g/mol. The molecule has 35 heavy (non-hydrogen) atoms. The highest BCUT2D eigenvalue weighted by Gasteiger charge is 2.31. The van der Waals surface area contributed by atoms with E-state index in [2.05, 4.69) is 62.0 Å². The molecule has 0 heterocycles.